The number of fused-ring (bicyclic) bond motifs is 4. The van der Waals surface area contributed by atoms with Gasteiger partial charge in [-0.2, -0.15) is 0 Å². The van der Waals surface area contributed by atoms with Crippen LogP contribution in [0.25, 0.3) is 0 Å². The zero-order valence-corrected chi connectivity index (χ0v) is 17.4. The number of rotatable bonds is 3. The molecule has 1 atom stereocenters. The molecule has 0 saturated carbocycles. The molecule has 0 spiro atoms. The van der Waals surface area contributed by atoms with Crippen LogP contribution in [-0.2, 0) is 0 Å². The molecule has 0 saturated heterocycles. The summed E-state index contributed by atoms with van der Waals surface area (Å²) in [4.78, 5) is 9.91. The molecule has 1 aliphatic carbocycles. The second kappa shape index (κ2) is 6.78. The van der Waals surface area contributed by atoms with E-state index in [4.69, 9.17) is 4.99 Å². The molecule has 3 nitrogen and oxygen atoms in total. The lowest BCUT2D eigenvalue weighted by Crippen LogP contribution is -2.55. The minimum Gasteiger partial charge on any atom is -0.372 e. The molecule has 3 N–H and O–H groups in total. The number of aliphatic imine (C=N–C) groups is 1. The number of allylic oxidation sites excluding steroid dienone is 1. The van der Waals surface area contributed by atoms with E-state index in [-0.39, 0.29) is 6.04 Å². The van der Waals surface area contributed by atoms with Crippen molar-refractivity contribution in [2.24, 2.45) is 4.99 Å². The van der Waals surface area contributed by atoms with Crippen molar-refractivity contribution in [2.75, 3.05) is 18.0 Å². The highest BCUT2D eigenvalue weighted by molar-refractivity contribution is 14.1. The Morgan fingerprint density at radius 1 is 1.16 bits per heavy atom. The van der Waals surface area contributed by atoms with E-state index in [1.807, 2.05) is 11.8 Å². The van der Waals surface area contributed by atoms with Crippen molar-refractivity contribution < 1.29 is 5.73 Å². The van der Waals surface area contributed by atoms with Crippen molar-refractivity contribution in [3.63, 3.8) is 0 Å². The normalized spacial score (nSPS) is 18.2. The minimum absolute atomic E-state index is 0.186. The maximum Gasteiger partial charge on any atom is 0.143 e. The van der Waals surface area contributed by atoms with E-state index < -0.39 is 0 Å². The first-order valence-corrected chi connectivity index (χ1v) is 10.5. The number of benzene rings is 2. The predicted octanol–water partition coefficient (Wildman–Crippen LogP) is 4.70. The van der Waals surface area contributed by atoms with E-state index in [2.05, 4.69) is 89.5 Å². The number of quaternary nitrogens is 1. The fourth-order valence-corrected chi connectivity index (χ4v) is 5.48. The second-order valence-corrected chi connectivity index (χ2v) is 8.42. The highest BCUT2D eigenvalue weighted by Gasteiger charge is 2.34. The number of anilines is 1. The number of hydrogen-bond acceptors (Lipinski definition) is 3. The van der Waals surface area contributed by atoms with Gasteiger partial charge in [0, 0.05) is 34.8 Å². The van der Waals surface area contributed by atoms with Crippen LogP contribution in [0.1, 0.15) is 31.0 Å². The lowest BCUT2D eigenvalue weighted by atomic mass is 9.91. The van der Waals surface area contributed by atoms with Crippen LogP contribution in [0.2, 0.25) is 0 Å². The Morgan fingerprint density at radius 2 is 1.92 bits per heavy atom. The molecule has 128 valence electrons. The Hall–Kier alpha value is -1.31. The van der Waals surface area contributed by atoms with E-state index in [9.17, 15) is 0 Å². The fraction of sp³-hybridized carbons (Fsp3) is 0.250. The van der Waals surface area contributed by atoms with E-state index in [0.717, 1.165) is 24.5 Å². The van der Waals surface area contributed by atoms with Gasteiger partial charge in [-0.25, -0.2) is 4.99 Å². The van der Waals surface area contributed by atoms with Crippen molar-refractivity contribution in [1.82, 2.24) is 0 Å². The van der Waals surface area contributed by atoms with Crippen molar-refractivity contribution in [1.29, 1.82) is 0 Å². The molecular weight excluding hydrogens is 441 g/mol. The monoisotopic (exact) mass is 462 g/mol. The van der Waals surface area contributed by atoms with E-state index in [1.54, 1.807) is 0 Å². The van der Waals surface area contributed by atoms with Crippen molar-refractivity contribution in [3.05, 3.63) is 62.1 Å². The lowest BCUT2D eigenvalue weighted by molar-refractivity contribution is -0.410. The first-order chi connectivity index (χ1) is 12.1. The fourth-order valence-electron chi connectivity index (χ4n) is 3.45. The maximum atomic E-state index is 5.03. The van der Waals surface area contributed by atoms with Crippen LogP contribution >= 0.6 is 34.4 Å². The summed E-state index contributed by atoms with van der Waals surface area (Å²) >= 11 is 4.30. The van der Waals surface area contributed by atoms with Gasteiger partial charge in [-0.15, -0.1) is 0 Å². The van der Waals surface area contributed by atoms with Gasteiger partial charge in [-0.1, -0.05) is 36.0 Å². The summed E-state index contributed by atoms with van der Waals surface area (Å²) in [6.07, 6.45) is 0. The molecule has 0 bridgehead atoms. The SMILES string of the molecule is CCN(CC)c1ccc2c(c1)SC1=C(I)C([NH3+])c3ccccc3C1=N2. The summed E-state index contributed by atoms with van der Waals surface area (Å²) in [6, 6.07) is 15.3. The summed E-state index contributed by atoms with van der Waals surface area (Å²) in [7, 11) is 0. The van der Waals surface area contributed by atoms with E-state index >= 15 is 0 Å². The summed E-state index contributed by atoms with van der Waals surface area (Å²) in [5.41, 5.74) is 10.3. The van der Waals surface area contributed by atoms with Gasteiger partial charge in [-0.3, -0.25) is 0 Å². The maximum absolute atomic E-state index is 5.03. The summed E-state index contributed by atoms with van der Waals surface area (Å²) in [6.45, 7) is 6.43. The smallest absolute Gasteiger partial charge is 0.143 e. The molecule has 5 heteroatoms. The highest BCUT2D eigenvalue weighted by Crippen LogP contribution is 2.49. The topological polar surface area (TPSA) is 43.2 Å². The van der Waals surface area contributed by atoms with Crippen molar-refractivity contribution >= 4 is 51.4 Å². The minimum atomic E-state index is 0.186. The Balaban J connectivity index is 1.86. The Morgan fingerprint density at radius 3 is 2.68 bits per heavy atom. The van der Waals surface area contributed by atoms with Gasteiger partial charge in [0.2, 0.25) is 0 Å². The van der Waals surface area contributed by atoms with Gasteiger partial charge in [-0.05, 0) is 54.6 Å². The van der Waals surface area contributed by atoms with Crippen LogP contribution in [0.4, 0.5) is 11.4 Å². The molecule has 2 aromatic carbocycles. The number of halogens is 1. The molecule has 2 aromatic rings. The quantitative estimate of drug-likeness (QED) is 0.672. The van der Waals surface area contributed by atoms with E-state index in [0.29, 0.717) is 0 Å². The molecule has 0 radical (unpaired) electrons. The first-order valence-electron chi connectivity index (χ1n) is 8.62. The third-order valence-corrected chi connectivity index (χ3v) is 7.67. The van der Waals surface area contributed by atoms with Crippen molar-refractivity contribution in [3.8, 4) is 0 Å². The highest BCUT2D eigenvalue weighted by atomic mass is 127. The number of thioether (sulfide) groups is 1. The van der Waals surface area contributed by atoms with Gasteiger partial charge >= 0.3 is 0 Å². The average molecular weight is 462 g/mol. The molecule has 0 aromatic heterocycles. The Kier molecular flexibility index (Phi) is 4.64. The van der Waals surface area contributed by atoms with Gasteiger partial charge in [0.05, 0.1) is 19.9 Å². The molecule has 1 aliphatic heterocycles. The molecule has 25 heavy (non-hydrogen) atoms. The zero-order chi connectivity index (χ0) is 17.6. The third kappa shape index (κ3) is 2.82. The van der Waals surface area contributed by atoms with Gasteiger partial charge in [0.15, 0.2) is 0 Å². The Bertz CT molecular complexity index is 900. The van der Waals surface area contributed by atoms with Crippen LogP contribution in [-0.4, -0.2) is 18.8 Å². The largest absolute Gasteiger partial charge is 0.372 e. The average Bonchev–Trinajstić information content (AvgIpc) is 2.66. The zero-order valence-electron chi connectivity index (χ0n) is 14.4. The first kappa shape index (κ1) is 17.1. The van der Waals surface area contributed by atoms with Crippen LogP contribution in [0, 0.1) is 0 Å². The van der Waals surface area contributed by atoms with Gasteiger partial charge in [0.1, 0.15) is 6.04 Å². The van der Waals surface area contributed by atoms with Crippen LogP contribution in [0.15, 0.2) is 60.8 Å². The molecule has 4 rings (SSSR count). The van der Waals surface area contributed by atoms with Crippen molar-refractivity contribution in [2.45, 2.75) is 24.8 Å². The number of hydrogen-bond donors (Lipinski definition) is 1. The summed E-state index contributed by atoms with van der Waals surface area (Å²) in [5.74, 6) is 0. The van der Waals surface area contributed by atoms with Crippen LogP contribution < -0.4 is 10.6 Å². The molecule has 1 unspecified atom stereocenters. The van der Waals surface area contributed by atoms with E-state index in [1.165, 1.54) is 30.2 Å². The Labute approximate surface area is 166 Å². The molecule has 2 aliphatic rings. The standard InChI is InChI=1S/C20H20IN3S/c1-3-24(4-2)12-9-10-15-16(11-12)25-20-17(21)18(22)13-7-5-6-8-14(13)19(20)23-15/h5-11,18H,3-4,22H2,1-2H3/p+1. The summed E-state index contributed by atoms with van der Waals surface area (Å²) < 4.78 is 1.29. The van der Waals surface area contributed by atoms with Gasteiger partial charge in [0.25, 0.3) is 0 Å². The molecule has 0 fully saturated rings. The second-order valence-electron chi connectivity index (χ2n) is 6.20. The molecule has 0 amide bonds. The van der Waals surface area contributed by atoms with Gasteiger partial charge < -0.3 is 10.6 Å². The lowest BCUT2D eigenvalue weighted by Gasteiger charge is -2.28. The predicted molar refractivity (Wildman–Crippen MR) is 115 cm³/mol. The van der Waals surface area contributed by atoms with Crippen LogP contribution in [0.3, 0.4) is 0 Å². The number of nitrogens with zero attached hydrogens (tertiary/aromatic N) is 2. The summed E-state index contributed by atoms with van der Waals surface area (Å²) in [5, 5.41) is 0. The van der Waals surface area contributed by atoms with Crippen LogP contribution in [0.5, 0.6) is 0 Å². The molecule has 1 heterocycles. The molecular formula is C20H21IN3S+. The third-order valence-electron chi connectivity index (χ3n) is 4.85.